The molecule has 3 N–H and O–H groups in total. The molecule has 0 radical (unpaired) electrons. The number of ether oxygens (including phenoxy) is 5. The second-order valence-electron chi connectivity index (χ2n) is 23.1. The molecule has 0 aliphatic carbocycles. The Labute approximate surface area is 494 Å². The van der Waals surface area contributed by atoms with Crippen LogP contribution in [0.2, 0.25) is 0 Å². The Hall–Kier alpha value is -3.32. The van der Waals surface area contributed by atoms with Crippen molar-refractivity contribution in [3.8, 4) is 0 Å². The highest BCUT2D eigenvalue weighted by Gasteiger charge is 2.50. The number of aliphatic carboxylic acids is 1. The van der Waals surface area contributed by atoms with Gasteiger partial charge in [0.05, 0.1) is 6.61 Å². The number of unbranched alkanes of at least 4 members (excludes halogenated alkanes) is 36. The summed E-state index contributed by atoms with van der Waals surface area (Å²) >= 11 is 0. The summed E-state index contributed by atoms with van der Waals surface area (Å²) in [5, 5.41) is 31.6. The van der Waals surface area contributed by atoms with E-state index in [1.807, 2.05) is 0 Å². The lowest BCUT2D eigenvalue weighted by molar-refractivity contribution is -0.301. The van der Waals surface area contributed by atoms with E-state index >= 15 is 0 Å². The minimum Gasteiger partial charge on any atom is -0.479 e. The van der Waals surface area contributed by atoms with Gasteiger partial charge < -0.3 is 39.0 Å². The fraction of sp³-hybridized carbons (Fsp3) is 0.826. The van der Waals surface area contributed by atoms with Gasteiger partial charge in [-0.2, -0.15) is 0 Å². The van der Waals surface area contributed by atoms with Crippen LogP contribution < -0.4 is 0 Å². The Kier molecular flexibility index (Phi) is 53.4. The number of carboxylic acid groups (broad SMARTS) is 1. The fourth-order valence-corrected chi connectivity index (χ4v) is 10.3. The van der Waals surface area contributed by atoms with Crippen molar-refractivity contribution in [2.24, 2.45) is 0 Å². The number of hydrogen-bond acceptors (Lipinski definition) is 11. The maximum Gasteiger partial charge on any atom is 0.335 e. The van der Waals surface area contributed by atoms with E-state index in [2.05, 4.69) is 69.4 Å². The van der Waals surface area contributed by atoms with E-state index in [0.29, 0.717) is 19.3 Å². The first kappa shape index (κ1) is 75.7. The van der Waals surface area contributed by atoms with Crippen molar-refractivity contribution in [1.29, 1.82) is 0 Å². The molecule has 0 saturated carbocycles. The minimum absolute atomic E-state index is 0.0640. The zero-order chi connectivity index (χ0) is 58.9. The molecule has 0 aromatic carbocycles. The molecule has 12 heteroatoms. The summed E-state index contributed by atoms with van der Waals surface area (Å²) in [6, 6.07) is 0. The van der Waals surface area contributed by atoms with Gasteiger partial charge in [0.25, 0.3) is 0 Å². The summed E-state index contributed by atoms with van der Waals surface area (Å²) in [4.78, 5) is 51.4. The van der Waals surface area contributed by atoms with E-state index in [1.165, 1.54) is 148 Å². The number of carbonyl (C=O) groups excluding carboxylic acids is 3. The third kappa shape index (κ3) is 46.7. The topological polar surface area (TPSA) is 175 Å². The van der Waals surface area contributed by atoms with E-state index in [0.717, 1.165) is 109 Å². The van der Waals surface area contributed by atoms with Crippen LogP contribution in [0.25, 0.3) is 0 Å². The lowest BCUT2D eigenvalue weighted by Gasteiger charge is -2.40. The standard InChI is InChI=1S/C69H122O12/c1-4-7-10-13-16-19-22-25-27-29-31-33-35-38-40-43-46-49-52-55-61(70)77-58-60(79-62(71)56-53-50-47-44-42-39-36-34-32-30-28-26-23-20-17-14-11-8-5-2)59-78-69-67(65(74)64(73)66(81-69)68(75)76)80-63(72)57-54-51-48-45-41-37-24-21-18-15-12-9-6-3/h7,10,16,19,25,27,31,33,60,64-67,69,73-74H,4-6,8-9,11-15,17-18,20-24,26,28-30,32,34-59H2,1-3H3,(H,75,76)/b10-7-,19-16-,27-25-,33-31-. The van der Waals surface area contributed by atoms with Crippen molar-refractivity contribution in [2.45, 2.75) is 353 Å². The largest absolute Gasteiger partial charge is 0.479 e. The van der Waals surface area contributed by atoms with Crippen LogP contribution in [0, 0.1) is 0 Å². The molecule has 12 nitrogen and oxygen atoms in total. The molecule has 0 spiro atoms. The van der Waals surface area contributed by atoms with E-state index in [4.69, 9.17) is 23.7 Å². The smallest absolute Gasteiger partial charge is 0.335 e. The number of carbonyl (C=O) groups is 4. The van der Waals surface area contributed by atoms with Crippen LogP contribution in [-0.2, 0) is 42.9 Å². The second kappa shape index (κ2) is 57.1. The van der Waals surface area contributed by atoms with Crippen LogP contribution in [0.4, 0.5) is 0 Å². The fourth-order valence-electron chi connectivity index (χ4n) is 10.3. The Balaban J connectivity index is 2.64. The van der Waals surface area contributed by atoms with Crippen molar-refractivity contribution in [2.75, 3.05) is 13.2 Å². The minimum atomic E-state index is -1.90. The number of hydrogen-bond donors (Lipinski definition) is 3. The van der Waals surface area contributed by atoms with E-state index in [-0.39, 0.29) is 25.9 Å². The van der Waals surface area contributed by atoms with Crippen LogP contribution in [0.1, 0.15) is 316 Å². The molecule has 1 saturated heterocycles. The van der Waals surface area contributed by atoms with Crippen LogP contribution in [0.3, 0.4) is 0 Å². The molecule has 6 atom stereocenters. The Morgan fingerprint density at radius 1 is 0.420 bits per heavy atom. The highest BCUT2D eigenvalue weighted by atomic mass is 16.7. The molecule has 81 heavy (non-hydrogen) atoms. The number of aliphatic hydroxyl groups is 2. The first-order valence-corrected chi connectivity index (χ1v) is 33.6. The number of rotatable bonds is 58. The third-order valence-electron chi connectivity index (χ3n) is 15.4. The number of aliphatic hydroxyl groups excluding tert-OH is 2. The van der Waals surface area contributed by atoms with Gasteiger partial charge in [0.1, 0.15) is 18.8 Å². The molecule has 1 heterocycles. The van der Waals surface area contributed by atoms with Crippen LogP contribution >= 0.6 is 0 Å². The van der Waals surface area contributed by atoms with Crippen molar-refractivity contribution in [1.82, 2.24) is 0 Å². The average molecular weight is 1140 g/mol. The zero-order valence-corrected chi connectivity index (χ0v) is 52.0. The number of allylic oxidation sites excluding steroid dienone is 8. The highest BCUT2D eigenvalue weighted by Crippen LogP contribution is 2.27. The van der Waals surface area contributed by atoms with Crippen LogP contribution in [0.5, 0.6) is 0 Å². The number of carboxylic acids is 1. The molecular weight excluding hydrogens is 1020 g/mol. The second-order valence-corrected chi connectivity index (χ2v) is 23.1. The first-order chi connectivity index (χ1) is 39.6. The van der Waals surface area contributed by atoms with Gasteiger partial charge in [-0.25, -0.2) is 4.79 Å². The molecular formula is C69H122O12. The summed E-state index contributed by atoms with van der Waals surface area (Å²) in [5.41, 5.74) is 0. The summed E-state index contributed by atoms with van der Waals surface area (Å²) in [6.45, 7) is 5.92. The molecule has 1 aliphatic rings. The maximum atomic E-state index is 13.2. The zero-order valence-electron chi connectivity index (χ0n) is 52.0. The number of esters is 3. The van der Waals surface area contributed by atoms with E-state index < -0.39 is 67.3 Å². The van der Waals surface area contributed by atoms with Gasteiger partial charge in [0.2, 0.25) is 0 Å². The monoisotopic (exact) mass is 1140 g/mol. The predicted octanol–water partition coefficient (Wildman–Crippen LogP) is 18.1. The predicted molar refractivity (Wildman–Crippen MR) is 331 cm³/mol. The van der Waals surface area contributed by atoms with Crippen molar-refractivity contribution < 1.29 is 58.2 Å². The Morgan fingerprint density at radius 2 is 0.778 bits per heavy atom. The van der Waals surface area contributed by atoms with Gasteiger partial charge in [0, 0.05) is 19.3 Å². The summed E-state index contributed by atoms with van der Waals surface area (Å²) in [5.74, 6) is -3.10. The Bertz CT molecular complexity index is 1590. The molecule has 6 unspecified atom stereocenters. The lowest BCUT2D eigenvalue weighted by Crippen LogP contribution is -2.61. The van der Waals surface area contributed by atoms with Gasteiger partial charge in [-0.15, -0.1) is 0 Å². The van der Waals surface area contributed by atoms with Gasteiger partial charge >= 0.3 is 23.9 Å². The summed E-state index contributed by atoms with van der Waals surface area (Å²) < 4.78 is 28.6. The van der Waals surface area contributed by atoms with Gasteiger partial charge in [-0.1, -0.05) is 288 Å². The molecule has 470 valence electrons. The SMILES string of the molecule is CC/C=C\C/C=C\C/C=C\C/C=C\CCCCCCCCC(=O)OCC(COC1OC(C(=O)O)C(O)C(O)C1OC(=O)CCCCCCCCCCCCCCC)OC(=O)CCCCCCCCCCCCCCCCCCCCC. The molecule has 0 aromatic rings. The molecule has 1 rings (SSSR count). The Morgan fingerprint density at radius 3 is 1.19 bits per heavy atom. The maximum absolute atomic E-state index is 13.2. The van der Waals surface area contributed by atoms with E-state index in [9.17, 15) is 34.5 Å². The molecule has 0 aromatic heterocycles. The molecule has 0 amide bonds. The van der Waals surface area contributed by atoms with Gasteiger partial charge in [0.15, 0.2) is 24.6 Å². The van der Waals surface area contributed by atoms with Crippen molar-refractivity contribution in [3.63, 3.8) is 0 Å². The lowest BCUT2D eigenvalue weighted by atomic mass is 9.98. The van der Waals surface area contributed by atoms with Gasteiger partial charge in [-0.05, 0) is 57.8 Å². The summed E-state index contributed by atoms with van der Waals surface area (Å²) in [6.07, 6.45) is 57.8. The first-order valence-electron chi connectivity index (χ1n) is 33.6. The average Bonchev–Trinajstić information content (AvgIpc) is 3.46. The van der Waals surface area contributed by atoms with Crippen molar-refractivity contribution >= 4 is 23.9 Å². The molecule has 1 fully saturated rings. The van der Waals surface area contributed by atoms with E-state index in [1.54, 1.807) is 0 Å². The van der Waals surface area contributed by atoms with Crippen molar-refractivity contribution in [3.05, 3.63) is 48.6 Å². The van der Waals surface area contributed by atoms with Crippen LogP contribution in [0.15, 0.2) is 48.6 Å². The molecule has 0 bridgehead atoms. The van der Waals surface area contributed by atoms with Gasteiger partial charge in [-0.3, -0.25) is 14.4 Å². The third-order valence-corrected chi connectivity index (χ3v) is 15.4. The van der Waals surface area contributed by atoms with Crippen LogP contribution in [-0.4, -0.2) is 89.2 Å². The quantitative estimate of drug-likeness (QED) is 0.0228. The highest BCUT2D eigenvalue weighted by molar-refractivity contribution is 5.74. The summed E-state index contributed by atoms with van der Waals surface area (Å²) in [7, 11) is 0. The molecule has 1 aliphatic heterocycles. The normalized spacial score (nSPS) is 18.0.